The molecule has 0 bridgehead atoms. The fraction of sp³-hybridized carbons (Fsp3) is 0. The molecular weight excluding hydrogens is 336 g/mol. The fourth-order valence-corrected chi connectivity index (χ4v) is 4.48. The Labute approximate surface area is 163 Å². The molecule has 0 nitrogen and oxygen atoms in total. The molecule has 6 aromatic rings. The Kier molecular flexibility index (Phi) is 3.27. The van der Waals surface area contributed by atoms with Crippen molar-refractivity contribution in [3.63, 3.8) is 0 Å². The second-order valence-electron chi connectivity index (χ2n) is 7.42. The van der Waals surface area contributed by atoms with Gasteiger partial charge >= 0.3 is 0 Å². The van der Waals surface area contributed by atoms with Crippen LogP contribution in [0.1, 0.15) is 0 Å². The van der Waals surface area contributed by atoms with Crippen LogP contribution in [-0.2, 0) is 0 Å². The molecule has 0 atom stereocenters. The first-order chi connectivity index (χ1) is 13.9. The lowest BCUT2D eigenvalue weighted by molar-refractivity contribution is 1.71. The van der Waals surface area contributed by atoms with Gasteiger partial charge in [-0.3, -0.25) is 0 Å². The van der Waals surface area contributed by atoms with Crippen LogP contribution in [0.25, 0.3) is 54.2 Å². The normalized spacial score (nSPS) is 11.6. The van der Waals surface area contributed by atoms with Crippen LogP contribution in [0, 0.1) is 0 Å². The first-order valence-electron chi connectivity index (χ1n) is 9.71. The Morgan fingerprint density at radius 3 is 1.68 bits per heavy atom. The largest absolute Gasteiger partial charge is 0.0616 e. The van der Waals surface area contributed by atoms with Crippen LogP contribution in [0.5, 0.6) is 0 Å². The van der Waals surface area contributed by atoms with Crippen molar-refractivity contribution in [2.45, 2.75) is 0 Å². The van der Waals surface area contributed by atoms with E-state index in [1.54, 1.807) is 0 Å². The monoisotopic (exact) mass is 354 g/mol. The molecule has 0 saturated carbocycles. The average Bonchev–Trinajstić information content (AvgIpc) is 2.77. The van der Waals surface area contributed by atoms with E-state index in [-0.39, 0.29) is 0 Å². The summed E-state index contributed by atoms with van der Waals surface area (Å²) in [5.41, 5.74) is 2.60. The van der Waals surface area contributed by atoms with E-state index >= 15 is 0 Å². The highest BCUT2D eigenvalue weighted by molar-refractivity contribution is 6.17. The molecule has 0 aliphatic rings. The topological polar surface area (TPSA) is 0 Å². The van der Waals surface area contributed by atoms with Crippen LogP contribution < -0.4 is 0 Å². The summed E-state index contributed by atoms with van der Waals surface area (Å²) in [5, 5.41) is 10.4. The van der Waals surface area contributed by atoms with Gasteiger partial charge in [-0.05, 0) is 72.4 Å². The van der Waals surface area contributed by atoms with E-state index in [0.717, 1.165) is 0 Å². The van der Waals surface area contributed by atoms with Crippen molar-refractivity contribution in [1.29, 1.82) is 0 Å². The van der Waals surface area contributed by atoms with Crippen LogP contribution in [0.4, 0.5) is 0 Å². The Balaban J connectivity index is 1.78. The lowest BCUT2D eigenvalue weighted by Crippen LogP contribution is -1.87. The zero-order valence-corrected chi connectivity index (χ0v) is 15.4. The van der Waals surface area contributed by atoms with E-state index in [1.165, 1.54) is 54.2 Å². The molecule has 28 heavy (non-hydrogen) atoms. The van der Waals surface area contributed by atoms with Crippen molar-refractivity contribution in [3.05, 3.63) is 109 Å². The zero-order valence-electron chi connectivity index (χ0n) is 15.4. The molecule has 0 spiro atoms. The Bertz CT molecular complexity index is 1510. The fourth-order valence-electron chi connectivity index (χ4n) is 4.48. The van der Waals surface area contributed by atoms with Crippen LogP contribution >= 0.6 is 0 Å². The third-order valence-electron chi connectivity index (χ3n) is 5.80. The predicted octanol–water partition coefficient (Wildman–Crippen LogP) is 7.97. The molecule has 130 valence electrons. The second kappa shape index (κ2) is 5.94. The zero-order chi connectivity index (χ0) is 18.5. The molecule has 0 radical (unpaired) electrons. The third-order valence-corrected chi connectivity index (χ3v) is 5.80. The molecule has 6 aromatic carbocycles. The molecule has 6 rings (SSSR count). The quantitative estimate of drug-likeness (QED) is 0.207. The number of hydrogen-bond donors (Lipinski definition) is 0. The molecule has 0 aliphatic heterocycles. The molecule has 0 unspecified atom stereocenters. The average molecular weight is 354 g/mol. The molecule has 0 saturated heterocycles. The lowest BCUT2D eigenvalue weighted by atomic mass is 9.90. The van der Waals surface area contributed by atoms with Gasteiger partial charge in [0.25, 0.3) is 0 Å². The maximum absolute atomic E-state index is 2.35. The van der Waals surface area contributed by atoms with Crippen molar-refractivity contribution in [1.82, 2.24) is 0 Å². The minimum Gasteiger partial charge on any atom is -0.0616 e. The molecule has 0 aromatic heterocycles. The van der Waals surface area contributed by atoms with Crippen molar-refractivity contribution in [2.24, 2.45) is 0 Å². The number of rotatable bonds is 1. The number of hydrogen-bond acceptors (Lipinski definition) is 0. The van der Waals surface area contributed by atoms with Crippen LogP contribution in [-0.4, -0.2) is 0 Å². The van der Waals surface area contributed by atoms with Gasteiger partial charge in [0.1, 0.15) is 0 Å². The van der Waals surface area contributed by atoms with Crippen molar-refractivity contribution >= 4 is 43.1 Å². The predicted molar refractivity (Wildman–Crippen MR) is 122 cm³/mol. The van der Waals surface area contributed by atoms with Gasteiger partial charge in [0, 0.05) is 0 Å². The summed E-state index contributed by atoms with van der Waals surface area (Å²) in [6, 6.07) is 39.7. The van der Waals surface area contributed by atoms with Gasteiger partial charge in [-0.1, -0.05) is 91.0 Å². The highest BCUT2D eigenvalue weighted by Crippen LogP contribution is 2.38. The van der Waals surface area contributed by atoms with Gasteiger partial charge in [-0.2, -0.15) is 0 Å². The van der Waals surface area contributed by atoms with Crippen molar-refractivity contribution in [3.8, 4) is 11.1 Å². The Morgan fingerprint density at radius 1 is 0.286 bits per heavy atom. The third kappa shape index (κ3) is 2.25. The standard InChI is InChI=1S/C28H18/c1-2-9-20-17-27-21(16-19(20)8-1)11-7-15-26(27)28-18-22-10-3-4-12-23(22)24-13-5-6-14-25(24)28/h1-18H. The van der Waals surface area contributed by atoms with Gasteiger partial charge in [0.05, 0.1) is 0 Å². The lowest BCUT2D eigenvalue weighted by Gasteiger charge is -2.14. The van der Waals surface area contributed by atoms with Crippen molar-refractivity contribution < 1.29 is 0 Å². The van der Waals surface area contributed by atoms with Gasteiger partial charge in [0.15, 0.2) is 0 Å². The number of fused-ring (bicyclic) bond motifs is 5. The minimum atomic E-state index is 1.28. The van der Waals surface area contributed by atoms with Crippen LogP contribution in [0.15, 0.2) is 109 Å². The molecule has 0 aliphatic carbocycles. The van der Waals surface area contributed by atoms with Gasteiger partial charge < -0.3 is 0 Å². The second-order valence-corrected chi connectivity index (χ2v) is 7.42. The molecule has 0 heteroatoms. The SMILES string of the molecule is c1ccc2cc3c(-c4cc5ccccc5c5ccccc45)cccc3cc2c1. The molecular formula is C28H18. The molecule has 0 amide bonds. The summed E-state index contributed by atoms with van der Waals surface area (Å²) >= 11 is 0. The van der Waals surface area contributed by atoms with Crippen LogP contribution in [0.3, 0.4) is 0 Å². The van der Waals surface area contributed by atoms with E-state index in [4.69, 9.17) is 0 Å². The maximum atomic E-state index is 2.35. The van der Waals surface area contributed by atoms with Gasteiger partial charge in [-0.25, -0.2) is 0 Å². The summed E-state index contributed by atoms with van der Waals surface area (Å²) in [7, 11) is 0. The summed E-state index contributed by atoms with van der Waals surface area (Å²) < 4.78 is 0. The first-order valence-corrected chi connectivity index (χ1v) is 9.71. The molecule has 0 fully saturated rings. The summed E-state index contributed by atoms with van der Waals surface area (Å²) in [6.07, 6.45) is 0. The summed E-state index contributed by atoms with van der Waals surface area (Å²) in [5.74, 6) is 0. The van der Waals surface area contributed by atoms with E-state index in [2.05, 4.69) is 109 Å². The first kappa shape index (κ1) is 15.4. The van der Waals surface area contributed by atoms with Gasteiger partial charge in [0.2, 0.25) is 0 Å². The van der Waals surface area contributed by atoms with Crippen LogP contribution in [0.2, 0.25) is 0 Å². The number of benzene rings is 6. The van der Waals surface area contributed by atoms with E-state index in [1.807, 2.05) is 0 Å². The highest BCUT2D eigenvalue weighted by atomic mass is 14.1. The molecule has 0 heterocycles. The van der Waals surface area contributed by atoms with Gasteiger partial charge in [-0.15, -0.1) is 0 Å². The molecule has 0 N–H and O–H groups in total. The summed E-state index contributed by atoms with van der Waals surface area (Å²) in [4.78, 5) is 0. The highest BCUT2D eigenvalue weighted by Gasteiger charge is 2.11. The van der Waals surface area contributed by atoms with E-state index in [9.17, 15) is 0 Å². The minimum absolute atomic E-state index is 1.28. The maximum Gasteiger partial charge on any atom is -0.00928 e. The Hall–Kier alpha value is -3.64. The Morgan fingerprint density at radius 2 is 0.857 bits per heavy atom. The van der Waals surface area contributed by atoms with E-state index < -0.39 is 0 Å². The van der Waals surface area contributed by atoms with E-state index in [0.29, 0.717) is 0 Å². The van der Waals surface area contributed by atoms with Crippen molar-refractivity contribution in [2.75, 3.05) is 0 Å². The smallest absolute Gasteiger partial charge is 0.00928 e. The summed E-state index contributed by atoms with van der Waals surface area (Å²) in [6.45, 7) is 0.